The minimum absolute atomic E-state index is 0.168. The van der Waals surface area contributed by atoms with Gasteiger partial charge in [-0.25, -0.2) is 9.37 Å². The molecule has 1 aromatic heterocycles. The van der Waals surface area contributed by atoms with E-state index in [1.807, 2.05) is 30.3 Å². The van der Waals surface area contributed by atoms with Crippen LogP contribution < -0.4 is 15.1 Å². The Balaban J connectivity index is 1.46. The molecule has 0 spiro atoms. The van der Waals surface area contributed by atoms with Gasteiger partial charge in [0.05, 0.1) is 5.69 Å². The first-order valence-corrected chi connectivity index (χ1v) is 10.1. The van der Waals surface area contributed by atoms with Gasteiger partial charge in [-0.05, 0) is 35.7 Å². The van der Waals surface area contributed by atoms with Gasteiger partial charge in [0.15, 0.2) is 0 Å². The fourth-order valence-corrected chi connectivity index (χ4v) is 3.70. The minimum Gasteiger partial charge on any atom is -0.366 e. The van der Waals surface area contributed by atoms with E-state index in [4.69, 9.17) is 4.98 Å². The lowest BCUT2D eigenvalue weighted by Gasteiger charge is -2.36. The fourth-order valence-electron chi connectivity index (χ4n) is 3.70. The topological polar surface area (TPSA) is 44.3 Å². The van der Waals surface area contributed by atoms with Crippen LogP contribution in [0.5, 0.6) is 0 Å². The summed E-state index contributed by atoms with van der Waals surface area (Å²) < 4.78 is 14.1. The number of hydrogen-bond donors (Lipinski definition) is 1. The summed E-state index contributed by atoms with van der Waals surface area (Å²) in [5.41, 5.74) is 2.94. The first-order chi connectivity index (χ1) is 14.1. The van der Waals surface area contributed by atoms with Crippen LogP contribution in [0, 0.1) is 5.82 Å². The van der Waals surface area contributed by atoms with Crippen LogP contribution in [-0.2, 0) is 0 Å². The monoisotopic (exact) mass is 391 g/mol. The Kier molecular flexibility index (Phi) is 5.60. The predicted octanol–water partition coefficient (Wildman–Crippen LogP) is 4.81. The number of rotatable bonds is 5. The molecule has 29 heavy (non-hydrogen) atoms. The number of aromatic nitrogens is 2. The minimum atomic E-state index is -0.168. The molecule has 3 aromatic rings. The smallest absolute Gasteiger partial charge is 0.229 e. The lowest BCUT2D eigenvalue weighted by atomic mass is 10.0. The van der Waals surface area contributed by atoms with E-state index in [-0.39, 0.29) is 5.82 Å². The van der Waals surface area contributed by atoms with E-state index < -0.39 is 0 Å². The third-order valence-electron chi connectivity index (χ3n) is 5.27. The molecule has 0 radical (unpaired) electrons. The molecule has 1 saturated heterocycles. The molecule has 0 aliphatic carbocycles. The van der Waals surface area contributed by atoms with E-state index in [0.717, 1.165) is 37.7 Å². The molecule has 0 bridgehead atoms. The summed E-state index contributed by atoms with van der Waals surface area (Å²) in [5.74, 6) is 1.72. The van der Waals surface area contributed by atoms with Crippen molar-refractivity contribution in [2.75, 3.05) is 41.3 Å². The van der Waals surface area contributed by atoms with Crippen LogP contribution in [0.2, 0.25) is 0 Å². The normalized spacial score (nSPS) is 14.3. The average molecular weight is 391 g/mol. The summed E-state index contributed by atoms with van der Waals surface area (Å²) in [6.45, 7) is 7.42. The Labute approximate surface area is 171 Å². The summed E-state index contributed by atoms with van der Waals surface area (Å²) >= 11 is 0. The number of nitrogens with zero attached hydrogens (tertiary/aromatic N) is 4. The third kappa shape index (κ3) is 4.31. The van der Waals surface area contributed by atoms with Gasteiger partial charge < -0.3 is 15.1 Å². The van der Waals surface area contributed by atoms with Crippen LogP contribution in [0.3, 0.4) is 0 Å². The Morgan fingerprint density at radius 1 is 0.897 bits per heavy atom. The SMILES string of the molecule is CC(C)c1ccccc1Nc1nccc(N2CCN(c3ccccc3F)CC2)n1. The van der Waals surface area contributed by atoms with Gasteiger partial charge in [-0.15, -0.1) is 0 Å². The van der Waals surface area contributed by atoms with Crippen LogP contribution in [0.15, 0.2) is 60.8 Å². The van der Waals surface area contributed by atoms with Crippen molar-refractivity contribution in [2.24, 2.45) is 0 Å². The predicted molar refractivity (Wildman–Crippen MR) is 117 cm³/mol. The van der Waals surface area contributed by atoms with E-state index >= 15 is 0 Å². The van der Waals surface area contributed by atoms with Crippen LogP contribution in [0.25, 0.3) is 0 Å². The first kappa shape index (κ1) is 19.2. The van der Waals surface area contributed by atoms with Crippen molar-refractivity contribution in [2.45, 2.75) is 19.8 Å². The summed E-state index contributed by atoms with van der Waals surface area (Å²) in [4.78, 5) is 13.4. The Bertz CT molecular complexity index is 967. The third-order valence-corrected chi connectivity index (χ3v) is 5.27. The molecule has 0 saturated carbocycles. The zero-order valence-electron chi connectivity index (χ0n) is 16.8. The van der Waals surface area contributed by atoms with E-state index in [1.54, 1.807) is 12.3 Å². The van der Waals surface area contributed by atoms with Crippen LogP contribution in [-0.4, -0.2) is 36.1 Å². The number of hydrogen-bond acceptors (Lipinski definition) is 5. The highest BCUT2D eigenvalue weighted by Gasteiger charge is 2.20. The zero-order chi connectivity index (χ0) is 20.2. The number of halogens is 1. The average Bonchev–Trinajstić information content (AvgIpc) is 2.75. The van der Waals surface area contributed by atoms with Gasteiger partial charge in [-0.3, -0.25) is 0 Å². The molecule has 2 heterocycles. The molecule has 5 nitrogen and oxygen atoms in total. The number of para-hydroxylation sites is 2. The van der Waals surface area contributed by atoms with Crippen molar-refractivity contribution >= 4 is 23.1 Å². The molecule has 1 N–H and O–H groups in total. The quantitative estimate of drug-likeness (QED) is 0.676. The lowest BCUT2D eigenvalue weighted by Crippen LogP contribution is -2.47. The van der Waals surface area contributed by atoms with Crippen LogP contribution in [0.4, 0.5) is 27.5 Å². The highest BCUT2D eigenvalue weighted by atomic mass is 19.1. The molecule has 6 heteroatoms. The molecule has 2 aromatic carbocycles. The number of piperazine rings is 1. The van der Waals surface area contributed by atoms with Crippen molar-refractivity contribution in [1.82, 2.24) is 9.97 Å². The van der Waals surface area contributed by atoms with Crippen molar-refractivity contribution in [1.29, 1.82) is 0 Å². The number of nitrogens with one attached hydrogen (secondary N) is 1. The number of anilines is 4. The lowest BCUT2D eigenvalue weighted by molar-refractivity contribution is 0.596. The van der Waals surface area contributed by atoms with Gasteiger partial charge in [0, 0.05) is 38.1 Å². The van der Waals surface area contributed by atoms with E-state index in [0.29, 0.717) is 17.6 Å². The highest BCUT2D eigenvalue weighted by Crippen LogP contribution is 2.27. The van der Waals surface area contributed by atoms with E-state index in [2.05, 4.69) is 46.1 Å². The second-order valence-electron chi connectivity index (χ2n) is 7.53. The molecule has 0 amide bonds. The molecule has 0 atom stereocenters. The molecule has 0 unspecified atom stereocenters. The summed E-state index contributed by atoms with van der Waals surface area (Å²) in [6, 6.07) is 17.1. The molecule has 1 fully saturated rings. The maximum Gasteiger partial charge on any atom is 0.229 e. The van der Waals surface area contributed by atoms with Gasteiger partial charge >= 0.3 is 0 Å². The molecule has 4 rings (SSSR count). The van der Waals surface area contributed by atoms with Gasteiger partial charge in [-0.2, -0.15) is 4.98 Å². The van der Waals surface area contributed by atoms with E-state index in [9.17, 15) is 4.39 Å². The number of benzene rings is 2. The second kappa shape index (κ2) is 8.47. The summed E-state index contributed by atoms with van der Waals surface area (Å²) in [7, 11) is 0. The van der Waals surface area contributed by atoms with Crippen molar-refractivity contribution < 1.29 is 4.39 Å². The molecule has 1 aliphatic heterocycles. The second-order valence-corrected chi connectivity index (χ2v) is 7.53. The Morgan fingerprint density at radius 3 is 2.34 bits per heavy atom. The molecular formula is C23H26FN5. The van der Waals surface area contributed by atoms with Gasteiger partial charge in [0.2, 0.25) is 5.95 Å². The first-order valence-electron chi connectivity index (χ1n) is 10.1. The largest absolute Gasteiger partial charge is 0.366 e. The maximum atomic E-state index is 14.1. The van der Waals surface area contributed by atoms with Gasteiger partial charge in [-0.1, -0.05) is 44.2 Å². The van der Waals surface area contributed by atoms with Crippen molar-refractivity contribution in [3.63, 3.8) is 0 Å². The zero-order valence-corrected chi connectivity index (χ0v) is 16.8. The Hall–Kier alpha value is -3.15. The Morgan fingerprint density at radius 2 is 1.59 bits per heavy atom. The van der Waals surface area contributed by atoms with Gasteiger partial charge in [0.1, 0.15) is 11.6 Å². The van der Waals surface area contributed by atoms with Crippen molar-refractivity contribution in [3.8, 4) is 0 Å². The van der Waals surface area contributed by atoms with E-state index in [1.165, 1.54) is 11.6 Å². The summed E-state index contributed by atoms with van der Waals surface area (Å²) in [5, 5.41) is 3.37. The maximum absolute atomic E-state index is 14.1. The molecular weight excluding hydrogens is 365 g/mol. The summed E-state index contributed by atoms with van der Waals surface area (Å²) in [6.07, 6.45) is 1.78. The standard InChI is InChI=1S/C23H26FN5/c1-17(2)18-7-3-5-9-20(18)26-23-25-12-11-22(27-23)29-15-13-28(14-16-29)21-10-6-4-8-19(21)24/h3-12,17H,13-16H2,1-2H3,(H,25,26,27). The van der Waals surface area contributed by atoms with Crippen LogP contribution >= 0.6 is 0 Å². The van der Waals surface area contributed by atoms with Crippen molar-refractivity contribution in [3.05, 3.63) is 72.2 Å². The fraction of sp³-hybridized carbons (Fsp3) is 0.304. The highest BCUT2D eigenvalue weighted by molar-refractivity contribution is 5.60. The molecule has 1 aliphatic rings. The molecule has 150 valence electrons. The van der Waals surface area contributed by atoms with Crippen LogP contribution in [0.1, 0.15) is 25.3 Å². The van der Waals surface area contributed by atoms with Gasteiger partial charge in [0.25, 0.3) is 0 Å².